The molecule has 1 fully saturated rings. The summed E-state index contributed by atoms with van der Waals surface area (Å²) in [4.78, 5) is 38.8. The number of amides is 4. The first-order valence-electron chi connectivity index (χ1n) is 9.55. The summed E-state index contributed by atoms with van der Waals surface area (Å²) in [5.41, 5.74) is 1.57. The summed E-state index contributed by atoms with van der Waals surface area (Å²) in [5.74, 6) is -1.00. The van der Waals surface area contributed by atoms with Gasteiger partial charge in [0.2, 0.25) is 0 Å². The second-order valence-corrected chi connectivity index (χ2v) is 8.24. The maximum absolute atomic E-state index is 13.1. The lowest BCUT2D eigenvalue weighted by Crippen LogP contribution is -2.54. The van der Waals surface area contributed by atoms with E-state index in [9.17, 15) is 14.4 Å². The Morgan fingerprint density at radius 3 is 2.47 bits per heavy atom. The van der Waals surface area contributed by atoms with Crippen LogP contribution in [0.3, 0.4) is 0 Å². The summed E-state index contributed by atoms with van der Waals surface area (Å²) in [6, 6.07) is 20.1. The Kier molecular flexibility index (Phi) is 6.39. The van der Waals surface area contributed by atoms with Gasteiger partial charge in [0.25, 0.3) is 11.8 Å². The van der Waals surface area contributed by atoms with Gasteiger partial charge in [-0.05, 0) is 54.1 Å². The van der Waals surface area contributed by atoms with E-state index >= 15 is 0 Å². The number of nitrogens with zero attached hydrogens (tertiary/aromatic N) is 1. The summed E-state index contributed by atoms with van der Waals surface area (Å²) in [5, 5.41) is 2.82. The molecule has 4 amide bonds. The van der Waals surface area contributed by atoms with Gasteiger partial charge in [-0.1, -0.05) is 57.9 Å². The molecule has 0 aliphatic carbocycles. The van der Waals surface area contributed by atoms with Crippen molar-refractivity contribution >= 4 is 57.1 Å². The van der Waals surface area contributed by atoms with Crippen molar-refractivity contribution < 1.29 is 19.1 Å². The molecule has 6 nitrogen and oxygen atoms in total. The molecule has 1 heterocycles. The molecule has 1 aliphatic rings. The highest BCUT2D eigenvalue weighted by molar-refractivity contribution is 9.10. The number of rotatable bonds is 5. The number of nitrogens with one attached hydrogen (secondary N) is 1. The van der Waals surface area contributed by atoms with Gasteiger partial charge in [-0.25, -0.2) is 9.69 Å². The molecule has 3 aromatic rings. The number of hydrogen-bond donors (Lipinski definition) is 1. The molecule has 0 spiro atoms. The molecular weight excluding hydrogens is 496 g/mol. The Morgan fingerprint density at radius 1 is 0.969 bits per heavy atom. The Hall–Kier alpha value is -3.42. The van der Waals surface area contributed by atoms with Crippen LogP contribution in [0.5, 0.6) is 5.75 Å². The van der Waals surface area contributed by atoms with E-state index in [-0.39, 0.29) is 12.2 Å². The Morgan fingerprint density at radius 2 is 1.72 bits per heavy atom. The minimum atomic E-state index is -0.801. The van der Waals surface area contributed by atoms with Gasteiger partial charge in [0, 0.05) is 15.1 Å². The molecule has 0 saturated carbocycles. The second kappa shape index (κ2) is 9.38. The van der Waals surface area contributed by atoms with Crippen LogP contribution in [0.15, 0.2) is 82.8 Å². The van der Waals surface area contributed by atoms with Gasteiger partial charge >= 0.3 is 6.03 Å². The van der Waals surface area contributed by atoms with E-state index in [1.165, 1.54) is 6.08 Å². The molecule has 0 atom stereocenters. The summed E-state index contributed by atoms with van der Waals surface area (Å²) in [6.45, 7) is 0.254. The molecule has 160 valence electrons. The average molecular weight is 512 g/mol. The molecule has 0 bridgehead atoms. The zero-order valence-electron chi connectivity index (χ0n) is 16.5. The molecule has 3 aromatic carbocycles. The number of carbonyl (C=O) groups excluding carboxylic acids is 3. The largest absolute Gasteiger partial charge is 0.488 e. The third kappa shape index (κ3) is 4.74. The molecule has 32 heavy (non-hydrogen) atoms. The van der Waals surface area contributed by atoms with Gasteiger partial charge in [0.1, 0.15) is 17.9 Å². The van der Waals surface area contributed by atoms with E-state index in [0.717, 1.165) is 14.9 Å². The molecular formula is C24H16BrClN2O4. The van der Waals surface area contributed by atoms with E-state index in [1.54, 1.807) is 60.7 Å². The molecule has 4 rings (SSSR count). The predicted octanol–water partition coefficient (Wildman–Crippen LogP) is 5.35. The van der Waals surface area contributed by atoms with Crippen molar-refractivity contribution in [1.29, 1.82) is 0 Å². The molecule has 8 heteroatoms. The van der Waals surface area contributed by atoms with Crippen molar-refractivity contribution in [3.8, 4) is 5.75 Å². The maximum Gasteiger partial charge on any atom is 0.335 e. The zero-order chi connectivity index (χ0) is 22.7. The Bertz CT molecular complexity index is 1240. The molecule has 1 saturated heterocycles. The lowest BCUT2D eigenvalue weighted by Gasteiger charge is -2.26. The van der Waals surface area contributed by atoms with Gasteiger partial charge in [0.05, 0.1) is 5.69 Å². The third-order valence-electron chi connectivity index (χ3n) is 4.69. The standard InChI is InChI=1S/C24H16BrClN2O4/c25-17-8-10-19(11-9-17)28-23(30)20(22(29)27-24(28)31)13-16-5-1-2-7-21(16)32-14-15-4-3-6-18(26)12-15/h1-13H,14H2,(H,27,29,31)/b20-13+. The summed E-state index contributed by atoms with van der Waals surface area (Å²) in [6.07, 6.45) is 1.42. The fourth-order valence-corrected chi connectivity index (χ4v) is 3.63. The normalized spacial score (nSPS) is 15.1. The van der Waals surface area contributed by atoms with E-state index in [4.69, 9.17) is 16.3 Å². The van der Waals surface area contributed by atoms with Gasteiger partial charge in [-0.2, -0.15) is 0 Å². The molecule has 0 unspecified atom stereocenters. The summed E-state index contributed by atoms with van der Waals surface area (Å²) < 4.78 is 6.70. The number of barbiturate groups is 1. The summed E-state index contributed by atoms with van der Waals surface area (Å²) in [7, 11) is 0. The van der Waals surface area contributed by atoms with Crippen molar-refractivity contribution in [2.75, 3.05) is 4.90 Å². The topological polar surface area (TPSA) is 75.7 Å². The lowest BCUT2D eigenvalue weighted by molar-refractivity contribution is -0.122. The number of carbonyl (C=O) groups is 3. The second-order valence-electron chi connectivity index (χ2n) is 6.89. The maximum atomic E-state index is 13.1. The van der Waals surface area contributed by atoms with Crippen LogP contribution < -0.4 is 15.0 Å². The molecule has 1 aliphatic heterocycles. The zero-order valence-corrected chi connectivity index (χ0v) is 18.9. The van der Waals surface area contributed by atoms with E-state index in [2.05, 4.69) is 21.2 Å². The minimum Gasteiger partial charge on any atom is -0.488 e. The van der Waals surface area contributed by atoms with Crippen LogP contribution >= 0.6 is 27.5 Å². The average Bonchev–Trinajstić information content (AvgIpc) is 2.77. The first-order chi connectivity index (χ1) is 15.4. The van der Waals surface area contributed by atoms with Gasteiger partial charge in [-0.3, -0.25) is 14.9 Å². The van der Waals surface area contributed by atoms with Crippen LogP contribution in [0.4, 0.5) is 10.5 Å². The highest BCUT2D eigenvalue weighted by Crippen LogP contribution is 2.27. The van der Waals surface area contributed by atoms with Crippen LogP contribution in [0, 0.1) is 0 Å². The first kappa shape index (κ1) is 21.8. The minimum absolute atomic E-state index is 0.175. The Balaban J connectivity index is 1.63. The van der Waals surface area contributed by atoms with Crippen LogP contribution in [0.1, 0.15) is 11.1 Å². The van der Waals surface area contributed by atoms with Gasteiger partial charge < -0.3 is 4.74 Å². The van der Waals surface area contributed by atoms with Crippen molar-refractivity contribution in [3.63, 3.8) is 0 Å². The number of para-hydroxylation sites is 1. The van der Waals surface area contributed by atoms with E-state index < -0.39 is 17.8 Å². The Labute approximate surface area is 197 Å². The van der Waals surface area contributed by atoms with Crippen LogP contribution in [-0.4, -0.2) is 17.8 Å². The van der Waals surface area contributed by atoms with Crippen molar-refractivity contribution in [2.45, 2.75) is 6.61 Å². The fraction of sp³-hybridized carbons (Fsp3) is 0.0417. The van der Waals surface area contributed by atoms with Crippen LogP contribution in [-0.2, 0) is 16.2 Å². The number of anilines is 1. The highest BCUT2D eigenvalue weighted by Gasteiger charge is 2.36. The fourth-order valence-electron chi connectivity index (χ4n) is 3.16. The number of urea groups is 1. The van der Waals surface area contributed by atoms with Gasteiger partial charge in [-0.15, -0.1) is 0 Å². The monoisotopic (exact) mass is 510 g/mol. The molecule has 0 radical (unpaired) electrons. The van der Waals surface area contributed by atoms with Crippen LogP contribution in [0.25, 0.3) is 6.08 Å². The van der Waals surface area contributed by atoms with Gasteiger partial charge in [0.15, 0.2) is 0 Å². The first-order valence-corrected chi connectivity index (χ1v) is 10.7. The highest BCUT2D eigenvalue weighted by atomic mass is 79.9. The lowest BCUT2D eigenvalue weighted by atomic mass is 10.1. The quantitative estimate of drug-likeness (QED) is 0.370. The predicted molar refractivity (Wildman–Crippen MR) is 125 cm³/mol. The molecule has 1 N–H and O–H groups in total. The van der Waals surface area contributed by atoms with E-state index in [1.807, 2.05) is 12.1 Å². The number of benzene rings is 3. The SMILES string of the molecule is O=C1NC(=O)N(c2ccc(Br)cc2)C(=O)/C1=C/c1ccccc1OCc1cccc(Cl)c1. The molecule has 0 aromatic heterocycles. The van der Waals surface area contributed by atoms with Crippen molar-refractivity contribution in [2.24, 2.45) is 0 Å². The number of ether oxygens (including phenoxy) is 1. The number of imide groups is 2. The number of halogens is 2. The van der Waals surface area contributed by atoms with Crippen LogP contribution in [0.2, 0.25) is 5.02 Å². The summed E-state index contributed by atoms with van der Waals surface area (Å²) >= 11 is 9.34. The third-order valence-corrected chi connectivity index (χ3v) is 5.45. The van der Waals surface area contributed by atoms with Crippen molar-refractivity contribution in [3.05, 3.63) is 99.0 Å². The number of hydrogen-bond acceptors (Lipinski definition) is 4. The smallest absolute Gasteiger partial charge is 0.335 e. The van der Waals surface area contributed by atoms with Crippen molar-refractivity contribution in [1.82, 2.24) is 5.32 Å². The van der Waals surface area contributed by atoms with E-state index in [0.29, 0.717) is 22.0 Å².